The van der Waals surface area contributed by atoms with Gasteiger partial charge in [-0.05, 0) is 19.1 Å². The van der Waals surface area contributed by atoms with E-state index in [0.29, 0.717) is 0 Å². The average molecular weight is 176 g/mol. The molecule has 1 heterocycles. The lowest BCUT2D eigenvalue weighted by Gasteiger charge is -2.03. The highest BCUT2D eigenvalue weighted by atomic mass is 16.5. The summed E-state index contributed by atoms with van der Waals surface area (Å²) in [6.07, 6.45) is 0.752. The highest BCUT2D eigenvalue weighted by molar-refractivity contribution is 5.87. The van der Waals surface area contributed by atoms with Crippen molar-refractivity contribution in [3.05, 3.63) is 30.1 Å². The Kier molecular flexibility index (Phi) is 2.98. The van der Waals surface area contributed by atoms with Crippen molar-refractivity contribution in [2.45, 2.75) is 13.0 Å². The Morgan fingerprint density at radius 3 is 3.00 bits per heavy atom. The fourth-order valence-electron chi connectivity index (χ4n) is 0.731. The van der Waals surface area contributed by atoms with Crippen LogP contribution >= 0.6 is 0 Å². The number of hydrogen-bond donors (Lipinski definition) is 0. The van der Waals surface area contributed by atoms with Gasteiger partial charge < -0.3 is 4.74 Å². The van der Waals surface area contributed by atoms with E-state index in [1.54, 1.807) is 18.2 Å². The zero-order valence-corrected chi connectivity index (χ0v) is 7.10. The predicted molar refractivity (Wildman–Crippen MR) is 44.7 cm³/mol. The molecule has 13 heavy (non-hydrogen) atoms. The molecule has 0 saturated heterocycles. The molecule has 0 radical (unpaired) electrons. The Balaban J connectivity index is 2.66. The molecule has 0 spiro atoms. The van der Waals surface area contributed by atoms with Crippen molar-refractivity contribution in [1.29, 1.82) is 5.26 Å². The van der Waals surface area contributed by atoms with E-state index < -0.39 is 12.1 Å². The normalized spacial score (nSPS) is 11.4. The average Bonchev–Trinajstić information content (AvgIpc) is 2.19. The van der Waals surface area contributed by atoms with Crippen molar-refractivity contribution in [3.63, 3.8) is 0 Å². The Morgan fingerprint density at radius 1 is 1.69 bits per heavy atom. The number of aromatic nitrogens is 1. The first-order valence-corrected chi connectivity index (χ1v) is 3.75. The van der Waals surface area contributed by atoms with Crippen molar-refractivity contribution in [2.75, 3.05) is 0 Å². The molecule has 0 aliphatic carbocycles. The Hall–Kier alpha value is -1.89. The third-order valence-corrected chi connectivity index (χ3v) is 1.34. The van der Waals surface area contributed by atoms with Crippen LogP contribution in [0.15, 0.2) is 24.4 Å². The van der Waals surface area contributed by atoms with Gasteiger partial charge in [-0.3, -0.25) is 0 Å². The highest BCUT2D eigenvalue weighted by Crippen LogP contribution is 1.99. The lowest BCUT2D eigenvalue weighted by Crippen LogP contribution is -2.13. The van der Waals surface area contributed by atoms with E-state index in [1.807, 2.05) is 0 Å². The second-order valence-corrected chi connectivity index (χ2v) is 2.39. The molecular weight excluding hydrogens is 168 g/mol. The maximum absolute atomic E-state index is 11.2. The van der Waals surface area contributed by atoms with Gasteiger partial charge in [0, 0.05) is 6.20 Å². The first-order chi connectivity index (χ1) is 6.24. The first-order valence-electron chi connectivity index (χ1n) is 3.75. The summed E-state index contributed by atoms with van der Waals surface area (Å²) >= 11 is 0. The van der Waals surface area contributed by atoms with Gasteiger partial charge in [0.05, 0.1) is 0 Å². The molecule has 0 amide bonds. The number of esters is 1. The van der Waals surface area contributed by atoms with E-state index in [4.69, 9.17) is 10.00 Å². The predicted octanol–water partition coefficient (Wildman–Crippen LogP) is 1.15. The second kappa shape index (κ2) is 4.21. The minimum atomic E-state index is -0.741. The second-order valence-electron chi connectivity index (χ2n) is 2.39. The molecule has 0 fully saturated rings. The minimum Gasteiger partial charge on any atom is -0.443 e. The molecule has 1 atom stereocenters. The van der Waals surface area contributed by atoms with Crippen LogP contribution in [-0.4, -0.2) is 17.1 Å². The number of nitriles is 1. The largest absolute Gasteiger partial charge is 0.443 e. The summed E-state index contributed by atoms with van der Waals surface area (Å²) in [5.74, 6) is -0.574. The molecule has 1 rings (SSSR count). The van der Waals surface area contributed by atoms with Crippen molar-refractivity contribution in [3.8, 4) is 6.07 Å². The van der Waals surface area contributed by atoms with Gasteiger partial charge in [0.2, 0.25) is 0 Å². The summed E-state index contributed by atoms with van der Waals surface area (Å²) < 4.78 is 4.72. The molecule has 0 saturated carbocycles. The number of rotatable bonds is 2. The van der Waals surface area contributed by atoms with Gasteiger partial charge in [0.25, 0.3) is 0 Å². The van der Waals surface area contributed by atoms with Crippen molar-refractivity contribution < 1.29 is 9.53 Å². The van der Waals surface area contributed by atoms with Gasteiger partial charge in [-0.25, -0.2) is 9.78 Å². The molecule has 1 aromatic rings. The number of hydrogen-bond acceptors (Lipinski definition) is 4. The number of carbonyl (C=O) groups is 1. The number of ether oxygens (including phenoxy) is 1. The smallest absolute Gasteiger partial charge is 0.358 e. The summed E-state index contributed by atoms with van der Waals surface area (Å²) in [5, 5.41) is 8.38. The number of pyridine rings is 1. The zero-order chi connectivity index (χ0) is 9.68. The fraction of sp³-hybridized carbons (Fsp3) is 0.222. The van der Waals surface area contributed by atoms with Gasteiger partial charge >= 0.3 is 5.97 Å². The fourth-order valence-corrected chi connectivity index (χ4v) is 0.731. The van der Waals surface area contributed by atoms with E-state index in [9.17, 15) is 4.79 Å². The van der Waals surface area contributed by atoms with Crippen LogP contribution in [0.4, 0.5) is 0 Å². The zero-order valence-electron chi connectivity index (χ0n) is 7.10. The minimum absolute atomic E-state index is 0.213. The highest BCUT2D eigenvalue weighted by Gasteiger charge is 2.11. The molecule has 0 aromatic carbocycles. The molecule has 66 valence electrons. The Labute approximate surface area is 75.8 Å². The summed E-state index contributed by atoms with van der Waals surface area (Å²) in [7, 11) is 0. The quantitative estimate of drug-likeness (QED) is 0.634. The van der Waals surface area contributed by atoms with Gasteiger partial charge in [0.1, 0.15) is 11.8 Å². The van der Waals surface area contributed by atoms with Gasteiger partial charge in [-0.15, -0.1) is 0 Å². The van der Waals surface area contributed by atoms with Crippen molar-refractivity contribution in [1.82, 2.24) is 4.98 Å². The topological polar surface area (TPSA) is 63.0 Å². The molecule has 1 aromatic heterocycles. The molecule has 4 heteroatoms. The maximum atomic E-state index is 11.2. The third-order valence-electron chi connectivity index (χ3n) is 1.34. The van der Waals surface area contributed by atoms with Gasteiger partial charge in [0.15, 0.2) is 6.10 Å². The number of nitrogens with zero attached hydrogens (tertiary/aromatic N) is 2. The molecular formula is C9H8N2O2. The van der Waals surface area contributed by atoms with Crippen molar-refractivity contribution in [2.24, 2.45) is 0 Å². The molecule has 1 unspecified atom stereocenters. The lowest BCUT2D eigenvalue weighted by atomic mass is 10.3. The summed E-state index contributed by atoms with van der Waals surface area (Å²) in [5.41, 5.74) is 0.213. The van der Waals surface area contributed by atoms with E-state index in [0.717, 1.165) is 0 Å². The van der Waals surface area contributed by atoms with Gasteiger partial charge in [-0.2, -0.15) is 5.26 Å². The Bertz CT molecular complexity index is 329. The van der Waals surface area contributed by atoms with Crippen LogP contribution in [0.25, 0.3) is 0 Å². The molecule has 0 bridgehead atoms. The van der Waals surface area contributed by atoms with Crippen LogP contribution in [0, 0.1) is 11.3 Å². The Morgan fingerprint density at radius 2 is 2.46 bits per heavy atom. The van der Waals surface area contributed by atoms with E-state index in [-0.39, 0.29) is 5.69 Å². The summed E-state index contributed by atoms with van der Waals surface area (Å²) in [6.45, 7) is 1.50. The maximum Gasteiger partial charge on any atom is 0.358 e. The standard InChI is InChI=1S/C9H8N2O2/c1-7(6-10)13-9(12)8-4-2-3-5-11-8/h2-5,7H,1H3. The molecule has 4 nitrogen and oxygen atoms in total. The molecule has 0 aliphatic rings. The molecule has 0 aliphatic heterocycles. The first kappa shape index (κ1) is 9.20. The van der Waals surface area contributed by atoms with Crippen LogP contribution in [-0.2, 0) is 4.74 Å². The van der Waals surface area contributed by atoms with Crippen LogP contribution in [0.1, 0.15) is 17.4 Å². The van der Waals surface area contributed by atoms with E-state index >= 15 is 0 Å². The monoisotopic (exact) mass is 176 g/mol. The molecule has 0 N–H and O–H groups in total. The van der Waals surface area contributed by atoms with Gasteiger partial charge in [-0.1, -0.05) is 6.07 Å². The van der Waals surface area contributed by atoms with Crippen LogP contribution in [0.3, 0.4) is 0 Å². The summed E-state index contributed by atoms with van der Waals surface area (Å²) in [4.78, 5) is 15.0. The lowest BCUT2D eigenvalue weighted by molar-refractivity contribution is 0.0428. The van der Waals surface area contributed by atoms with Crippen LogP contribution in [0.5, 0.6) is 0 Å². The SMILES string of the molecule is CC(C#N)OC(=O)c1ccccn1. The summed E-state index contributed by atoms with van der Waals surface area (Å²) in [6, 6.07) is 6.71. The van der Waals surface area contributed by atoms with E-state index in [1.165, 1.54) is 19.2 Å². The van der Waals surface area contributed by atoms with Crippen molar-refractivity contribution >= 4 is 5.97 Å². The van der Waals surface area contributed by atoms with Crippen LogP contribution in [0.2, 0.25) is 0 Å². The third kappa shape index (κ3) is 2.56. The van der Waals surface area contributed by atoms with Crippen LogP contribution < -0.4 is 0 Å². The van der Waals surface area contributed by atoms with E-state index in [2.05, 4.69) is 4.98 Å². The number of carbonyl (C=O) groups excluding carboxylic acids is 1.